The molecule has 0 saturated heterocycles. The molecular weight excluding hydrogens is 270 g/mol. The minimum Gasteiger partial charge on any atom is -0.505 e. The summed E-state index contributed by atoms with van der Waals surface area (Å²) in [6.45, 7) is 0. The molecule has 3 nitrogen and oxygen atoms in total. The molecule has 0 aliphatic carbocycles. The monoisotopic (exact) mass is 283 g/mol. The Balaban J connectivity index is 2.28. The van der Waals surface area contributed by atoms with Gasteiger partial charge in [-0.25, -0.2) is 0 Å². The number of benzene rings is 2. The lowest BCUT2D eigenvalue weighted by Gasteiger charge is -2.07. The van der Waals surface area contributed by atoms with E-state index < -0.39 is 0 Å². The summed E-state index contributed by atoms with van der Waals surface area (Å²) in [6, 6.07) is 16.5. The number of nitrogens with zero attached hydrogens (tertiary/aromatic N) is 1. The fraction of sp³-hybridized carbons (Fsp3) is 0.0625. The van der Waals surface area contributed by atoms with Crippen LogP contribution >= 0.6 is 11.8 Å². The van der Waals surface area contributed by atoms with Gasteiger partial charge in [-0.3, -0.25) is 9.36 Å². The molecule has 3 aromatic rings. The maximum Gasteiger partial charge on any atom is 0.263 e. The number of rotatable bonds is 2. The smallest absolute Gasteiger partial charge is 0.263 e. The van der Waals surface area contributed by atoms with Crippen LogP contribution in [0.3, 0.4) is 0 Å². The molecule has 0 saturated carbocycles. The minimum atomic E-state index is -0.133. The lowest BCUT2D eigenvalue weighted by Crippen LogP contribution is -2.12. The first-order valence-electron chi connectivity index (χ1n) is 6.20. The van der Waals surface area contributed by atoms with E-state index in [4.69, 9.17) is 0 Å². The van der Waals surface area contributed by atoms with E-state index in [0.717, 1.165) is 5.52 Å². The molecule has 2 aromatic carbocycles. The van der Waals surface area contributed by atoms with Crippen LogP contribution < -0.4 is 0 Å². The van der Waals surface area contributed by atoms with Crippen LogP contribution in [0.15, 0.2) is 59.6 Å². The first-order valence-corrected chi connectivity index (χ1v) is 7.42. The van der Waals surface area contributed by atoms with Crippen molar-refractivity contribution in [2.75, 3.05) is 6.26 Å². The average molecular weight is 283 g/mol. The second kappa shape index (κ2) is 5.06. The highest BCUT2D eigenvalue weighted by molar-refractivity contribution is 7.98. The van der Waals surface area contributed by atoms with E-state index in [1.54, 1.807) is 16.7 Å². The number of fused-ring (bicyclic) bond motifs is 1. The van der Waals surface area contributed by atoms with Crippen molar-refractivity contribution in [2.24, 2.45) is 0 Å². The summed E-state index contributed by atoms with van der Waals surface area (Å²) in [4.78, 5) is 12.7. The summed E-state index contributed by atoms with van der Waals surface area (Å²) in [7, 11) is 0. The van der Waals surface area contributed by atoms with Crippen molar-refractivity contribution in [3.05, 3.63) is 60.2 Å². The largest absolute Gasteiger partial charge is 0.505 e. The Morgan fingerprint density at radius 2 is 1.70 bits per heavy atom. The van der Waals surface area contributed by atoms with Crippen LogP contribution in [-0.2, 0) is 0 Å². The maximum atomic E-state index is 12.7. The van der Waals surface area contributed by atoms with Crippen LogP contribution in [-0.4, -0.2) is 21.8 Å². The predicted octanol–water partition coefficient (Wildman–Crippen LogP) is 3.76. The molecular formula is C16H13NO2S. The molecule has 0 atom stereocenters. The van der Waals surface area contributed by atoms with Gasteiger partial charge in [0.25, 0.3) is 5.91 Å². The van der Waals surface area contributed by atoms with Gasteiger partial charge in [0.05, 0.1) is 5.52 Å². The Kier molecular flexibility index (Phi) is 3.24. The lowest BCUT2D eigenvalue weighted by atomic mass is 10.2. The minimum absolute atomic E-state index is 0.133. The predicted molar refractivity (Wildman–Crippen MR) is 81.6 cm³/mol. The molecule has 1 heterocycles. The summed E-state index contributed by atoms with van der Waals surface area (Å²) >= 11 is 1.36. The summed E-state index contributed by atoms with van der Waals surface area (Å²) in [5, 5.41) is 11.5. The Morgan fingerprint density at radius 3 is 2.40 bits per heavy atom. The molecule has 1 aromatic heterocycles. The third kappa shape index (κ3) is 1.89. The van der Waals surface area contributed by atoms with Crippen LogP contribution in [0.4, 0.5) is 0 Å². The maximum absolute atomic E-state index is 12.7. The topological polar surface area (TPSA) is 42.2 Å². The zero-order valence-electron chi connectivity index (χ0n) is 10.9. The fourth-order valence-electron chi connectivity index (χ4n) is 2.30. The normalized spacial score (nSPS) is 10.8. The van der Waals surface area contributed by atoms with E-state index in [1.807, 2.05) is 48.7 Å². The van der Waals surface area contributed by atoms with Gasteiger partial charge in [0, 0.05) is 10.9 Å². The van der Waals surface area contributed by atoms with Gasteiger partial charge in [0.15, 0.2) is 5.75 Å². The Bertz CT molecular complexity index is 778. The van der Waals surface area contributed by atoms with E-state index in [-0.39, 0.29) is 11.7 Å². The number of aromatic nitrogens is 1. The van der Waals surface area contributed by atoms with Crippen LogP contribution in [0.2, 0.25) is 0 Å². The zero-order chi connectivity index (χ0) is 14.1. The van der Waals surface area contributed by atoms with Gasteiger partial charge in [-0.05, 0) is 30.5 Å². The van der Waals surface area contributed by atoms with E-state index in [9.17, 15) is 9.90 Å². The number of aromatic hydroxyl groups is 1. The highest BCUT2D eigenvalue weighted by Crippen LogP contribution is 2.37. The van der Waals surface area contributed by atoms with Crippen molar-refractivity contribution >= 4 is 28.6 Å². The van der Waals surface area contributed by atoms with Crippen LogP contribution in [0.1, 0.15) is 10.4 Å². The van der Waals surface area contributed by atoms with E-state index in [0.29, 0.717) is 16.0 Å². The Morgan fingerprint density at radius 1 is 1.05 bits per heavy atom. The standard InChI is InChI=1S/C16H13NO2S/c1-20-16-14(18)12-9-5-6-10-13(12)17(16)15(19)11-7-3-2-4-8-11/h2-10,18H,1H3. The molecule has 0 radical (unpaired) electrons. The van der Waals surface area contributed by atoms with Crippen molar-refractivity contribution in [2.45, 2.75) is 5.03 Å². The highest BCUT2D eigenvalue weighted by atomic mass is 32.2. The third-order valence-corrected chi connectivity index (χ3v) is 3.99. The number of thioether (sulfide) groups is 1. The lowest BCUT2D eigenvalue weighted by molar-refractivity contribution is 0.0955. The average Bonchev–Trinajstić information content (AvgIpc) is 2.80. The molecule has 3 rings (SSSR count). The molecule has 100 valence electrons. The first kappa shape index (κ1) is 12.8. The van der Waals surface area contributed by atoms with E-state index in [1.165, 1.54) is 11.8 Å². The number of hydrogen-bond donors (Lipinski definition) is 1. The third-order valence-electron chi connectivity index (χ3n) is 3.22. The van der Waals surface area contributed by atoms with Gasteiger partial charge in [-0.2, -0.15) is 0 Å². The quantitative estimate of drug-likeness (QED) is 0.728. The second-order valence-electron chi connectivity index (χ2n) is 4.38. The molecule has 0 fully saturated rings. The van der Waals surface area contributed by atoms with Gasteiger partial charge in [0.2, 0.25) is 0 Å². The summed E-state index contributed by atoms with van der Waals surface area (Å²) in [6.07, 6.45) is 1.85. The van der Waals surface area contributed by atoms with Crippen molar-refractivity contribution in [3.8, 4) is 5.75 Å². The number of hydrogen-bond acceptors (Lipinski definition) is 3. The molecule has 0 aliphatic heterocycles. The van der Waals surface area contributed by atoms with Crippen molar-refractivity contribution < 1.29 is 9.90 Å². The molecule has 4 heteroatoms. The Hall–Kier alpha value is -2.20. The molecule has 1 N–H and O–H groups in total. The van der Waals surface area contributed by atoms with Gasteiger partial charge < -0.3 is 5.11 Å². The van der Waals surface area contributed by atoms with E-state index >= 15 is 0 Å². The summed E-state index contributed by atoms with van der Waals surface area (Å²) < 4.78 is 1.57. The number of carbonyl (C=O) groups excluding carboxylic acids is 1. The summed E-state index contributed by atoms with van der Waals surface area (Å²) in [5.74, 6) is 0.0313. The molecule has 0 amide bonds. The Labute approximate surface area is 120 Å². The molecule has 20 heavy (non-hydrogen) atoms. The molecule has 0 bridgehead atoms. The highest BCUT2D eigenvalue weighted by Gasteiger charge is 2.21. The van der Waals surface area contributed by atoms with Crippen molar-refractivity contribution in [1.29, 1.82) is 0 Å². The SMILES string of the molecule is CSc1c(O)c2ccccc2n1C(=O)c1ccccc1. The van der Waals surface area contributed by atoms with Crippen LogP contribution in [0.5, 0.6) is 5.75 Å². The van der Waals surface area contributed by atoms with Gasteiger partial charge >= 0.3 is 0 Å². The molecule has 0 spiro atoms. The zero-order valence-corrected chi connectivity index (χ0v) is 11.7. The first-order chi connectivity index (χ1) is 9.74. The van der Waals surface area contributed by atoms with Gasteiger partial charge in [-0.1, -0.05) is 30.3 Å². The van der Waals surface area contributed by atoms with Crippen LogP contribution in [0, 0.1) is 0 Å². The summed E-state index contributed by atoms with van der Waals surface area (Å²) in [5.41, 5.74) is 1.33. The fourth-order valence-corrected chi connectivity index (χ4v) is 2.97. The molecule has 0 unspecified atom stereocenters. The van der Waals surface area contributed by atoms with Crippen molar-refractivity contribution in [1.82, 2.24) is 4.57 Å². The molecule has 0 aliphatic rings. The van der Waals surface area contributed by atoms with Gasteiger partial charge in [0.1, 0.15) is 5.03 Å². The number of para-hydroxylation sites is 1. The van der Waals surface area contributed by atoms with Crippen LogP contribution in [0.25, 0.3) is 10.9 Å². The number of carbonyl (C=O) groups is 1. The van der Waals surface area contributed by atoms with E-state index in [2.05, 4.69) is 0 Å². The second-order valence-corrected chi connectivity index (χ2v) is 5.18. The van der Waals surface area contributed by atoms with Crippen molar-refractivity contribution in [3.63, 3.8) is 0 Å². The van der Waals surface area contributed by atoms with Gasteiger partial charge in [-0.15, -0.1) is 11.8 Å².